The predicted octanol–water partition coefficient (Wildman–Crippen LogP) is 20.4. The van der Waals surface area contributed by atoms with Gasteiger partial charge in [-0.1, -0.05) is 246 Å². The van der Waals surface area contributed by atoms with E-state index in [0.717, 1.165) is 100 Å². The number of allylic oxidation sites excluding steroid dienone is 1. The van der Waals surface area contributed by atoms with Gasteiger partial charge < -0.3 is 19.5 Å². The molecule has 0 fully saturated rings. The lowest BCUT2D eigenvalue weighted by molar-refractivity contribution is 0.0442. The van der Waals surface area contributed by atoms with E-state index >= 15 is 0 Å². The minimum absolute atomic E-state index is 0.00463. The molecule has 0 heterocycles. The Morgan fingerprint density at radius 3 is 1.26 bits per heavy atom. The van der Waals surface area contributed by atoms with Gasteiger partial charge in [0.25, 0.3) is 0 Å². The first-order chi connectivity index (χ1) is 37.9. The maximum absolute atomic E-state index is 10.3. The molecule has 0 aliphatic rings. The van der Waals surface area contributed by atoms with Gasteiger partial charge in [0, 0.05) is 44.2 Å². The van der Waals surface area contributed by atoms with E-state index in [0.29, 0.717) is 6.04 Å². The average Bonchev–Trinajstić information content (AvgIpc) is 3.39. The molecule has 0 aromatic heterocycles. The largest absolute Gasteiger partial charge is 0.387 e. The summed E-state index contributed by atoms with van der Waals surface area (Å²) in [6.07, 6.45) is 9.25. The monoisotopic (exact) mass is 1130 g/mol. The van der Waals surface area contributed by atoms with Crippen LogP contribution in [0.1, 0.15) is 202 Å². The maximum atomic E-state index is 10.3. The smallest absolute Gasteiger partial charge is 0.208 e. The van der Waals surface area contributed by atoms with Crippen LogP contribution in [-0.2, 0) is 43.5 Å². The van der Waals surface area contributed by atoms with E-state index < -0.39 is 10.0 Å². The first-order valence-corrected chi connectivity index (χ1v) is 32.9. The Morgan fingerprint density at radius 2 is 0.863 bits per heavy atom. The van der Waals surface area contributed by atoms with E-state index in [4.69, 9.17) is 14.2 Å². The predicted molar refractivity (Wildman–Crippen MR) is 362 cm³/mol. The quantitative estimate of drug-likeness (QED) is 0.0634. The Balaban J connectivity index is -0.000000272. The number of ether oxygens (including phenoxy) is 3. The number of fused-ring (bicyclic) bond motifs is 2. The molecule has 80 heavy (non-hydrogen) atoms. The zero-order valence-electron chi connectivity index (χ0n) is 56.4. The number of rotatable bonds is 23. The normalized spacial score (nSPS) is 10.3. The van der Waals surface area contributed by atoms with Gasteiger partial charge in [0.1, 0.15) is 0 Å². The zero-order valence-corrected chi connectivity index (χ0v) is 57.2. The molecule has 0 atom stereocenters. The van der Waals surface area contributed by atoms with Crippen molar-refractivity contribution < 1.29 is 22.6 Å². The van der Waals surface area contributed by atoms with Gasteiger partial charge in [-0.25, -0.2) is 13.1 Å². The van der Waals surface area contributed by atoms with Crippen molar-refractivity contribution in [3.63, 3.8) is 0 Å². The second kappa shape index (κ2) is 58.2. The average molecular weight is 1130 g/mol. The third-order valence-corrected chi connectivity index (χ3v) is 11.1. The van der Waals surface area contributed by atoms with Crippen molar-refractivity contribution in [2.75, 3.05) is 45.9 Å². The molecule has 0 bridgehead atoms. The molecule has 0 saturated heterocycles. The molecule has 7 nitrogen and oxygen atoms in total. The number of hydrogen-bond acceptors (Lipinski definition) is 6. The lowest BCUT2D eigenvalue weighted by atomic mass is 9.97. The summed E-state index contributed by atoms with van der Waals surface area (Å²) in [6, 6.07) is 41.6. The summed E-state index contributed by atoms with van der Waals surface area (Å²) in [4.78, 5) is 0. The first kappa shape index (κ1) is 84.8. The van der Waals surface area contributed by atoms with Crippen molar-refractivity contribution in [1.82, 2.24) is 10.0 Å². The lowest BCUT2D eigenvalue weighted by Gasteiger charge is -2.08. The molecule has 462 valence electrons. The third-order valence-electron chi connectivity index (χ3n) is 10.2. The highest BCUT2D eigenvalue weighted by atomic mass is 32.2. The van der Waals surface area contributed by atoms with Crippen LogP contribution in [0, 0.1) is 29.6 Å². The van der Waals surface area contributed by atoms with E-state index in [1.165, 1.54) is 63.9 Å². The van der Waals surface area contributed by atoms with Crippen LogP contribution in [0.3, 0.4) is 0 Å². The van der Waals surface area contributed by atoms with Crippen molar-refractivity contribution in [1.29, 1.82) is 0 Å². The number of benzene rings is 5. The lowest BCUT2D eigenvalue weighted by Crippen LogP contribution is -2.28. The molecule has 0 radical (unpaired) electrons. The van der Waals surface area contributed by atoms with Crippen LogP contribution in [0.2, 0.25) is 0 Å². The summed E-state index contributed by atoms with van der Waals surface area (Å²) in [5.74, 6) is 3.74. The molecule has 5 aromatic rings. The Kier molecular flexibility index (Phi) is 61.6. The third kappa shape index (κ3) is 60.1. The molecule has 0 aliphatic carbocycles. The van der Waals surface area contributed by atoms with E-state index in [-0.39, 0.29) is 6.04 Å². The topological polar surface area (TPSA) is 85.9 Å². The Bertz CT molecular complexity index is 2170. The first-order valence-electron chi connectivity index (χ1n) is 31.0. The van der Waals surface area contributed by atoms with Crippen LogP contribution >= 0.6 is 0 Å². The zero-order chi connectivity index (χ0) is 62.3. The second-order valence-corrected chi connectivity index (χ2v) is 23.7. The highest BCUT2D eigenvalue weighted by Gasteiger charge is 2.03. The molecule has 0 aliphatic heterocycles. The summed E-state index contributed by atoms with van der Waals surface area (Å²) in [5, 5.41) is 8.56. The highest BCUT2D eigenvalue weighted by molar-refractivity contribution is 7.88. The molecule has 5 rings (SSSR count). The van der Waals surface area contributed by atoms with Crippen molar-refractivity contribution in [3.8, 4) is 0 Å². The Labute approximate surface area is 497 Å². The van der Waals surface area contributed by atoms with Crippen LogP contribution < -0.4 is 10.0 Å². The fourth-order valence-electron chi connectivity index (χ4n) is 7.10. The molecule has 0 unspecified atom stereocenters. The number of nitrogens with one attached hydrogen (secondary N) is 2. The summed E-state index contributed by atoms with van der Waals surface area (Å²) < 4.78 is 38.9. The van der Waals surface area contributed by atoms with E-state index in [2.05, 4.69) is 229 Å². The van der Waals surface area contributed by atoms with Crippen LogP contribution in [0.25, 0.3) is 21.5 Å². The number of sulfonamides is 1. The van der Waals surface area contributed by atoms with Crippen molar-refractivity contribution in [2.45, 2.75) is 216 Å². The van der Waals surface area contributed by atoms with Gasteiger partial charge in [0.2, 0.25) is 10.0 Å². The van der Waals surface area contributed by atoms with E-state index in [9.17, 15) is 8.42 Å². The molecule has 8 heteroatoms. The van der Waals surface area contributed by atoms with Crippen LogP contribution in [0.4, 0.5) is 0 Å². The second-order valence-electron chi connectivity index (χ2n) is 21.9. The van der Waals surface area contributed by atoms with E-state index in [1.54, 1.807) is 13.8 Å². The Hall–Kier alpha value is -4.05. The van der Waals surface area contributed by atoms with Gasteiger partial charge >= 0.3 is 0 Å². The van der Waals surface area contributed by atoms with Crippen LogP contribution in [0.15, 0.2) is 128 Å². The highest BCUT2D eigenvalue weighted by Crippen LogP contribution is 2.21. The van der Waals surface area contributed by atoms with Crippen LogP contribution in [0.5, 0.6) is 0 Å². The molecular weight excluding hydrogens is 1000 g/mol. The van der Waals surface area contributed by atoms with Gasteiger partial charge in [-0.05, 0) is 147 Å². The summed E-state index contributed by atoms with van der Waals surface area (Å²) in [7, 11) is -2.97. The Morgan fingerprint density at radius 1 is 0.450 bits per heavy atom. The minimum atomic E-state index is -2.97. The van der Waals surface area contributed by atoms with Gasteiger partial charge in [-0.3, -0.25) is 0 Å². The fraction of sp³-hybridized carbons (Fsp3) is 0.611. The van der Waals surface area contributed by atoms with Gasteiger partial charge in [-0.15, -0.1) is 0 Å². The minimum Gasteiger partial charge on any atom is -0.387 e. The molecule has 0 saturated carbocycles. The van der Waals surface area contributed by atoms with E-state index in [1.807, 2.05) is 48.5 Å². The van der Waals surface area contributed by atoms with Gasteiger partial charge in [-0.2, -0.15) is 0 Å². The molecular formula is C72H128N2O5S. The molecule has 5 aromatic carbocycles. The van der Waals surface area contributed by atoms with Crippen LogP contribution in [-0.4, -0.2) is 66.4 Å². The fourth-order valence-corrected chi connectivity index (χ4v) is 7.96. The van der Waals surface area contributed by atoms with Gasteiger partial charge in [0.15, 0.2) is 0 Å². The van der Waals surface area contributed by atoms with Crippen molar-refractivity contribution in [3.05, 3.63) is 144 Å². The molecule has 2 N–H and O–H groups in total. The summed E-state index contributed by atoms with van der Waals surface area (Å²) in [5.41, 5.74) is 5.39. The van der Waals surface area contributed by atoms with Crippen molar-refractivity contribution >= 4 is 31.6 Å². The number of hydrogen-bond donors (Lipinski definition) is 2. The molecule has 0 amide bonds. The standard InChI is InChI=1S/2C14H16.C10H22O2.C10H14.C8H18O.C6H13N.C4H11NO2S.3C2H6/c1-11(2)10-13-8-5-7-12-6-3-4-9-14(12)13;1-11(2)9-12-7-8-13-5-3-4-6-14(13)10-12;1-4-6-11-8-9-12-7-5-10(2)3;1-9(2)8-10-6-4-3-5-7-10;1-4-6-9-7-5-8(2)3;1-5(2)7-6(3)4;1-4(2)5-8(3,6)7;3*1-2/h3-9,11H,10H2,1-2H3;3-8,10-11H,9H2,1-2H3;10H,4-9H2,1-3H3;3-7,9H,8H2,1-2H3;8H,4-7H2,1-3H3;6-7H,1H2,2-4H3;4-5H,1-3H3;3*1-2H3. The molecule has 0 spiro atoms. The summed E-state index contributed by atoms with van der Waals surface area (Å²) >= 11 is 0. The maximum Gasteiger partial charge on any atom is 0.208 e. The van der Waals surface area contributed by atoms with Gasteiger partial charge in [0.05, 0.1) is 19.5 Å². The SMILES string of the molecule is C=C(C)NC(C)C.CC.CC.CC.CC(C)Cc1ccc2ccccc2c1.CC(C)Cc1cccc2ccccc12.CC(C)Cc1ccccc1.CC(C)NS(C)(=O)=O.CCCOCCC(C)C.CCCOCCOCCC(C)C. The van der Waals surface area contributed by atoms with Crippen molar-refractivity contribution in [2.24, 2.45) is 29.6 Å². The summed E-state index contributed by atoms with van der Waals surface area (Å²) in [6.45, 7) is 57.1.